The van der Waals surface area contributed by atoms with Gasteiger partial charge in [-0.2, -0.15) is 13.2 Å². The summed E-state index contributed by atoms with van der Waals surface area (Å²) in [5, 5.41) is 0.779. The molecule has 0 amide bonds. The number of fused-ring (bicyclic) bond motifs is 1. The van der Waals surface area contributed by atoms with Gasteiger partial charge in [-0.1, -0.05) is 31.4 Å². The zero-order valence-corrected chi connectivity index (χ0v) is 18.9. The van der Waals surface area contributed by atoms with E-state index in [0.717, 1.165) is 41.6 Å². The molecule has 1 fully saturated rings. The lowest BCUT2D eigenvalue weighted by molar-refractivity contribution is -0.137. The van der Waals surface area contributed by atoms with E-state index in [1.165, 1.54) is 31.4 Å². The van der Waals surface area contributed by atoms with Crippen LogP contribution < -0.4 is 4.74 Å². The molecular weight excluding hydrogens is 431 g/mol. The SMILES string of the molecule is CCOC(=O)c1c(C)n(C2CCCCC2)c2ccc(OCc3ccc(C(F)(F)F)cc3)cc12. The van der Waals surface area contributed by atoms with Gasteiger partial charge in [-0.25, -0.2) is 4.79 Å². The van der Waals surface area contributed by atoms with Gasteiger partial charge in [0.15, 0.2) is 0 Å². The first-order chi connectivity index (χ1) is 15.8. The summed E-state index contributed by atoms with van der Waals surface area (Å²) in [6.07, 6.45) is 1.39. The Morgan fingerprint density at radius 3 is 2.39 bits per heavy atom. The number of ether oxygens (including phenoxy) is 2. The number of hydrogen-bond donors (Lipinski definition) is 0. The van der Waals surface area contributed by atoms with Gasteiger partial charge >= 0.3 is 12.1 Å². The highest BCUT2D eigenvalue weighted by Gasteiger charge is 2.30. The normalized spacial score (nSPS) is 15.1. The third-order valence-corrected chi connectivity index (χ3v) is 6.33. The first-order valence-corrected chi connectivity index (χ1v) is 11.4. The highest BCUT2D eigenvalue weighted by Crippen LogP contribution is 2.37. The van der Waals surface area contributed by atoms with Gasteiger partial charge in [0.1, 0.15) is 12.4 Å². The van der Waals surface area contributed by atoms with Crippen molar-refractivity contribution in [1.82, 2.24) is 4.57 Å². The lowest BCUT2D eigenvalue weighted by Crippen LogP contribution is -2.15. The summed E-state index contributed by atoms with van der Waals surface area (Å²) in [6, 6.07) is 10.9. The van der Waals surface area contributed by atoms with E-state index < -0.39 is 11.7 Å². The number of rotatable bonds is 6. The molecule has 0 aliphatic heterocycles. The molecule has 4 rings (SSSR count). The number of carbonyl (C=O) groups excluding carboxylic acids is 1. The van der Waals surface area contributed by atoms with Gasteiger partial charge in [0, 0.05) is 22.6 Å². The van der Waals surface area contributed by atoms with E-state index in [9.17, 15) is 18.0 Å². The molecule has 1 saturated carbocycles. The number of hydrogen-bond acceptors (Lipinski definition) is 3. The number of benzene rings is 2. The van der Waals surface area contributed by atoms with Crippen LogP contribution in [0.5, 0.6) is 5.75 Å². The third kappa shape index (κ3) is 4.87. The average molecular weight is 460 g/mol. The highest BCUT2D eigenvalue weighted by atomic mass is 19.4. The molecule has 0 N–H and O–H groups in total. The predicted molar refractivity (Wildman–Crippen MR) is 121 cm³/mol. The molecule has 33 heavy (non-hydrogen) atoms. The Morgan fingerprint density at radius 2 is 1.76 bits per heavy atom. The molecule has 1 aliphatic carbocycles. The molecule has 0 radical (unpaired) electrons. The summed E-state index contributed by atoms with van der Waals surface area (Å²) < 4.78 is 51.8. The Bertz CT molecular complexity index is 1130. The van der Waals surface area contributed by atoms with Crippen molar-refractivity contribution in [2.45, 2.75) is 64.8 Å². The molecule has 2 aromatic carbocycles. The maximum Gasteiger partial charge on any atom is 0.416 e. The number of carbonyl (C=O) groups is 1. The summed E-state index contributed by atoms with van der Waals surface area (Å²) in [4.78, 5) is 12.8. The summed E-state index contributed by atoms with van der Waals surface area (Å²) in [6.45, 7) is 4.16. The largest absolute Gasteiger partial charge is 0.489 e. The zero-order chi connectivity index (χ0) is 23.6. The van der Waals surface area contributed by atoms with Gasteiger partial charge in [-0.3, -0.25) is 0 Å². The van der Waals surface area contributed by atoms with Gasteiger partial charge in [-0.15, -0.1) is 0 Å². The Labute approximate surface area is 191 Å². The van der Waals surface area contributed by atoms with E-state index in [0.29, 0.717) is 29.5 Å². The lowest BCUT2D eigenvalue weighted by atomic mass is 9.95. The number of esters is 1. The third-order valence-electron chi connectivity index (χ3n) is 6.33. The molecule has 0 bridgehead atoms. The second-order valence-corrected chi connectivity index (χ2v) is 8.51. The van der Waals surface area contributed by atoms with Gasteiger partial charge in [0.25, 0.3) is 0 Å². The fourth-order valence-corrected chi connectivity index (χ4v) is 4.74. The summed E-state index contributed by atoms with van der Waals surface area (Å²) >= 11 is 0. The molecule has 4 nitrogen and oxygen atoms in total. The lowest BCUT2D eigenvalue weighted by Gasteiger charge is -2.26. The average Bonchev–Trinajstić information content (AvgIpc) is 3.09. The Kier molecular flexibility index (Phi) is 6.68. The molecule has 176 valence electrons. The minimum absolute atomic E-state index is 0.126. The smallest absolute Gasteiger partial charge is 0.416 e. The summed E-state index contributed by atoms with van der Waals surface area (Å²) in [7, 11) is 0. The van der Waals surface area contributed by atoms with Crippen LogP contribution in [0.15, 0.2) is 42.5 Å². The van der Waals surface area contributed by atoms with E-state index in [2.05, 4.69) is 4.57 Å². The Hall–Kier alpha value is -2.96. The van der Waals surface area contributed by atoms with Gasteiger partial charge < -0.3 is 14.0 Å². The highest BCUT2D eigenvalue weighted by molar-refractivity contribution is 6.06. The number of aromatic nitrogens is 1. The molecule has 3 aromatic rings. The molecule has 0 unspecified atom stereocenters. The topological polar surface area (TPSA) is 40.5 Å². The molecule has 0 saturated heterocycles. The van der Waals surface area contributed by atoms with Crippen LogP contribution in [0.1, 0.15) is 72.2 Å². The maximum absolute atomic E-state index is 12.8. The van der Waals surface area contributed by atoms with Crippen LogP contribution in [0, 0.1) is 6.92 Å². The van der Waals surface area contributed by atoms with Crippen LogP contribution in [0.2, 0.25) is 0 Å². The van der Waals surface area contributed by atoms with E-state index in [4.69, 9.17) is 9.47 Å². The quantitative estimate of drug-likeness (QED) is 0.365. The molecule has 1 heterocycles. The number of halogens is 3. The van der Waals surface area contributed by atoms with E-state index in [1.54, 1.807) is 6.92 Å². The van der Waals surface area contributed by atoms with Crippen molar-refractivity contribution in [2.24, 2.45) is 0 Å². The number of nitrogens with zero attached hydrogens (tertiary/aromatic N) is 1. The zero-order valence-electron chi connectivity index (χ0n) is 18.9. The Morgan fingerprint density at radius 1 is 1.06 bits per heavy atom. The van der Waals surface area contributed by atoms with Gasteiger partial charge in [-0.05, 0) is 62.6 Å². The second-order valence-electron chi connectivity index (χ2n) is 8.51. The fraction of sp³-hybridized carbons (Fsp3) is 0.423. The minimum Gasteiger partial charge on any atom is -0.489 e. The van der Waals surface area contributed by atoms with Crippen molar-refractivity contribution in [3.63, 3.8) is 0 Å². The fourth-order valence-electron chi connectivity index (χ4n) is 4.74. The van der Waals surface area contributed by atoms with E-state index >= 15 is 0 Å². The van der Waals surface area contributed by atoms with Crippen LogP contribution >= 0.6 is 0 Å². The van der Waals surface area contributed by atoms with Crippen LogP contribution in [0.4, 0.5) is 13.2 Å². The van der Waals surface area contributed by atoms with Crippen molar-refractivity contribution < 1.29 is 27.4 Å². The first kappa shape index (κ1) is 23.2. The molecule has 7 heteroatoms. The van der Waals surface area contributed by atoms with Crippen LogP contribution in [0.3, 0.4) is 0 Å². The Balaban J connectivity index is 1.64. The maximum atomic E-state index is 12.8. The minimum atomic E-state index is -4.36. The van der Waals surface area contributed by atoms with Crippen LogP contribution in [-0.2, 0) is 17.5 Å². The number of alkyl halides is 3. The van der Waals surface area contributed by atoms with Gasteiger partial charge in [0.05, 0.1) is 17.7 Å². The second kappa shape index (κ2) is 9.49. The van der Waals surface area contributed by atoms with E-state index in [-0.39, 0.29) is 12.6 Å². The van der Waals surface area contributed by atoms with Crippen molar-refractivity contribution in [3.8, 4) is 5.75 Å². The monoisotopic (exact) mass is 459 g/mol. The van der Waals surface area contributed by atoms with Crippen LogP contribution in [0.25, 0.3) is 10.9 Å². The molecule has 0 atom stereocenters. The molecule has 1 aromatic heterocycles. The van der Waals surface area contributed by atoms with Crippen molar-refractivity contribution in [1.29, 1.82) is 0 Å². The van der Waals surface area contributed by atoms with E-state index in [1.807, 2.05) is 25.1 Å². The van der Waals surface area contributed by atoms with Crippen molar-refractivity contribution in [3.05, 3.63) is 64.8 Å². The van der Waals surface area contributed by atoms with Crippen LogP contribution in [-0.4, -0.2) is 17.1 Å². The van der Waals surface area contributed by atoms with Gasteiger partial charge in [0.2, 0.25) is 0 Å². The van der Waals surface area contributed by atoms with Crippen molar-refractivity contribution >= 4 is 16.9 Å². The summed E-state index contributed by atoms with van der Waals surface area (Å²) in [5.74, 6) is 0.197. The first-order valence-electron chi connectivity index (χ1n) is 11.4. The predicted octanol–water partition coefficient (Wildman–Crippen LogP) is 7.23. The standard InChI is InChI=1S/C26H28F3NO3/c1-3-32-25(31)24-17(2)30(20-7-5-4-6-8-20)23-14-13-21(15-22(23)24)33-16-18-9-11-19(12-10-18)26(27,28)29/h9-15,20H,3-8,16H2,1-2H3. The molecule has 0 spiro atoms. The summed E-state index contributed by atoms with van der Waals surface area (Å²) in [5.41, 5.74) is 2.37. The molecule has 1 aliphatic rings. The molecular formula is C26H28F3NO3. The van der Waals surface area contributed by atoms with Crippen molar-refractivity contribution in [2.75, 3.05) is 6.61 Å².